The largest absolute Gasteiger partial charge is 0.331 e. The molecule has 0 aliphatic heterocycles. The molecule has 0 saturated heterocycles. The van der Waals surface area contributed by atoms with Crippen molar-refractivity contribution in [1.29, 1.82) is 0 Å². The first-order valence-corrected chi connectivity index (χ1v) is 10.3. The number of nitrogens with zero attached hydrogens (tertiary/aromatic N) is 3. The van der Waals surface area contributed by atoms with Crippen LogP contribution in [0.1, 0.15) is 24.4 Å². The number of hydrogen-bond donors (Lipinski definition) is 2. The number of nitrogens with one attached hydrogen (secondary N) is 2. The Kier molecular flexibility index (Phi) is 6.66. The molecular weight excluding hydrogens is 389 g/mol. The molecule has 3 rings (SSSR count). The van der Waals surface area contributed by atoms with Gasteiger partial charge >= 0.3 is 0 Å². The topological polar surface area (TPSA) is 64.2 Å². The Labute approximate surface area is 174 Å². The monoisotopic (exact) mass is 414 g/mol. The van der Waals surface area contributed by atoms with Crippen LogP contribution in [0.15, 0.2) is 53.7 Å². The molecule has 0 radical (unpaired) electrons. The number of rotatable bonds is 7. The third kappa shape index (κ3) is 5.21. The first-order valence-electron chi connectivity index (χ1n) is 9.35. The van der Waals surface area contributed by atoms with Crippen LogP contribution in [0, 0.1) is 12.7 Å². The fourth-order valence-electron chi connectivity index (χ4n) is 2.80. The summed E-state index contributed by atoms with van der Waals surface area (Å²) in [5.74, 6) is 0.526. The van der Waals surface area contributed by atoms with E-state index in [2.05, 4.69) is 22.4 Å². The number of halogens is 1. The summed E-state index contributed by atoms with van der Waals surface area (Å²) in [4.78, 5) is 13.6. The van der Waals surface area contributed by atoms with E-state index in [1.54, 1.807) is 12.1 Å². The molecule has 1 atom stereocenters. The van der Waals surface area contributed by atoms with E-state index in [0.717, 1.165) is 22.8 Å². The smallest absolute Gasteiger partial charge is 0.234 e. The lowest BCUT2D eigenvalue weighted by molar-refractivity contribution is -0.890. The van der Waals surface area contributed by atoms with Crippen LogP contribution in [0.3, 0.4) is 0 Å². The summed E-state index contributed by atoms with van der Waals surface area (Å²) >= 11 is 1.30. The number of carbonyl (C=O) groups is 1. The SMILES string of the molecule is Cc1cccc(NC(=O)CSc2nnc([C@@H](C)[NH+](C)C)n2-c2ccc(F)cc2)c1. The number of benzene rings is 2. The molecule has 6 nitrogen and oxygen atoms in total. The van der Waals surface area contributed by atoms with Crippen LogP contribution in [0.2, 0.25) is 0 Å². The lowest BCUT2D eigenvalue weighted by Gasteiger charge is -2.18. The highest BCUT2D eigenvalue weighted by Crippen LogP contribution is 2.25. The van der Waals surface area contributed by atoms with Gasteiger partial charge in [0, 0.05) is 11.4 Å². The lowest BCUT2D eigenvalue weighted by atomic mass is 10.2. The number of aromatic nitrogens is 3. The number of aryl methyl sites for hydroxylation is 1. The Morgan fingerprint density at radius 3 is 2.59 bits per heavy atom. The molecule has 0 unspecified atom stereocenters. The molecule has 3 aromatic rings. The summed E-state index contributed by atoms with van der Waals surface area (Å²) in [5.41, 5.74) is 2.61. The van der Waals surface area contributed by atoms with Gasteiger partial charge in [0.05, 0.1) is 19.8 Å². The zero-order chi connectivity index (χ0) is 21.0. The van der Waals surface area contributed by atoms with Gasteiger partial charge in [-0.1, -0.05) is 23.9 Å². The van der Waals surface area contributed by atoms with E-state index in [9.17, 15) is 9.18 Å². The number of hydrogen-bond acceptors (Lipinski definition) is 4. The summed E-state index contributed by atoms with van der Waals surface area (Å²) in [6.45, 7) is 4.03. The number of carbonyl (C=O) groups excluding carboxylic acids is 1. The highest BCUT2D eigenvalue weighted by molar-refractivity contribution is 7.99. The van der Waals surface area contributed by atoms with Crippen molar-refractivity contribution >= 4 is 23.4 Å². The Hall–Kier alpha value is -2.71. The minimum atomic E-state index is -0.304. The first kappa shape index (κ1) is 21.0. The zero-order valence-corrected chi connectivity index (χ0v) is 17.8. The normalized spacial score (nSPS) is 12.2. The van der Waals surface area contributed by atoms with Crippen molar-refractivity contribution in [2.75, 3.05) is 25.2 Å². The molecule has 0 fully saturated rings. The molecule has 0 bridgehead atoms. The number of anilines is 1. The Bertz CT molecular complexity index is 987. The number of quaternary nitrogens is 1. The molecule has 0 aliphatic carbocycles. The van der Waals surface area contributed by atoms with Crippen LogP contribution in [-0.4, -0.2) is 40.5 Å². The minimum Gasteiger partial charge on any atom is -0.331 e. The van der Waals surface area contributed by atoms with E-state index in [0.29, 0.717) is 5.16 Å². The van der Waals surface area contributed by atoms with E-state index in [1.165, 1.54) is 28.8 Å². The predicted octanol–water partition coefficient (Wildman–Crippen LogP) is 2.65. The maximum absolute atomic E-state index is 13.4. The third-order valence-corrected chi connectivity index (χ3v) is 5.56. The number of thioether (sulfide) groups is 1. The van der Waals surface area contributed by atoms with Gasteiger partial charge in [-0.25, -0.2) is 4.39 Å². The molecule has 0 spiro atoms. The first-order chi connectivity index (χ1) is 13.8. The highest BCUT2D eigenvalue weighted by atomic mass is 32.2. The number of amides is 1. The van der Waals surface area contributed by atoms with Crippen LogP contribution < -0.4 is 10.2 Å². The highest BCUT2D eigenvalue weighted by Gasteiger charge is 2.23. The van der Waals surface area contributed by atoms with Gasteiger partial charge in [-0.15, -0.1) is 10.2 Å². The van der Waals surface area contributed by atoms with E-state index in [4.69, 9.17) is 0 Å². The maximum atomic E-state index is 13.4. The molecule has 2 N–H and O–H groups in total. The van der Waals surface area contributed by atoms with Crippen LogP contribution in [-0.2, 0) is 4.79 Å². The lowest BCUT2D eigenvalue weighted by Crippen LogP contribution is -3.05. The molecule has 29 heavy (non-hydrogen) atoms. The second-order valence-corrected chi connectivity index (χ2v) is 8.10. The van der Waals surface area contributed by atoms with Crippen molar-refractivity contribution in [2.45, 2.75) is 25.0 Å². The molecule has 1 amide bonds. The van der Waals surface area contributed by atoms with Crippen LogP contribution in [0.4, 0.5) is 10.1 Å². The van der Waals surface area contributed by atoms with Crippen molar-refractivity contribution < 1.29 is 14.1 Å². The average molecular weight is 415 g/mol. The minimum absolute atomic E-state index is 0.0722. The van der Waals surface area contributed by atoms with Crippen LogP contribution >= 0.6 is 11.8 Å². The second-order valence-electron chi connectivity index (χ2n) is 7.16. The van der Waals surface area contributed by atoms with Crippen molar-refractivity contribution in [3.8, 4) is 5.69 Å². The van der Waals surface area contributed by atoms with Gasteiger partial charge in [0.15, 0.2) is 11.0 Å². The Morgan fingerprint density at radius 1 is 1.21 bits per heavy atom. The molecule has 8 heteroatoms. The van der Waals surface area contributed by atoms with Crippen LogP contribution in [0.5, 0.6) is 0 Å². The molecule has 0 saturated carbocycles. The summed E-state index contributed by atoms with van der Waals surface area (Å²) in [6, 6.07) is 13.9. The Morgan fingerprint density at radius 2 is 1.93 bits per heavy atom. The van der Waals surface area contributed by atoms with Gasteiger partial charge in [-0.2, -0.15) is 0 Å². The summed E-state index contributed by atoms with van der Waals surface area (Å²) in [5, 5.41) is 12.1. The van der Waals surface area contributed by atoms with Crippen molar-refractivity contribution in [2.24, 2.45) is 0 Å². The van der Waals surface area contributed by atoms with E-state index >= 15 is 0 Å². The van der Waals surface area contributed by atoms with Crippen molar-refractivity contribution in [3.05, 3.63) is 65.7 Å². The molecule has 152 valence electrons. The molecule has 0 aliphatic rings. The van der Waals surface area contributed by atoms with E-state index < -0.39 is 0 Å². The van der Waals surface area contributed by atoms with Gasteiger partial charge in [0.25, 0.3) is 0 Å². The zero-order valence-electron chi connectivity index (χ0n) is 16.9. The Balaban J connectivity index is 1.81. The second kappa shape index (κ2) is 9.19. The maximum Gasteiger partial charge on any atom is 0.234 e. The molecule has 1 aromatic heterocycles. The van der Waals surface area contributed by atoms with E-state index in [-0.39, 0.29) is 23.5 Å². The predicted molar refractivity (Wildman–Crippen MR) is 113 cm³/mol. The summed E-state index contributed by atoms with van der Waals surface area (Å²) in [7, 11) is 4.08. The standard InChI is InChI=1S/C21H24FN5OS/c1-14-6-5-7-17(12-14)23-19(28)13-29-21-25-24-20(15(2)26(3)4)27(21)18-10-8-16(22)9-11-18/h5-12,15H,13H2,1-4H3,(H,23,28)/p+1/t15-/m1/s1. The van der Waals surface area contributed by atoms with Gasteiger partial charge in [0.2, 0.25) is 5.91 Å². The fraction of sp³-hybridized carbons (Fsp3) is 0.286. The quantitative estimate of drug-likeness (QED) is 0.584. The third-order valence-electron chi connectivity index (χ3n) is 4.63. The average Bonchev–Trinajstić information content (AvgIpc) is 3.10. The summed E-state index contributed by atoms with van der Waals surface area (Å²) < 4.78 is 15.3. The van der Waals surface area contributed by atoms with Gasteiger partial charge in [0.1, 0.15) is 11.9 Å². The van der Waals surface area contributed by atoms with Crippen molar-refractivity contribution in [1.82, 2.24) is 14.8 Å². The van der Waals surface area contributed by atoms with Crippen molar-refractivity contribution in [3.63, 3.8) is 0 Å². The van der Waals surface area contributed by atoms with E-state index in [1.807, 2.05) is 49.9 Å². The van der Waals surface area contributed by atoms with Crippen LogP contribution in [0.25, 0.3) is 5.69 Å². The summed E-state index contributed by atoms with van der Waals surface area (Å²) in [6.07, 6.45) is 0. The molecule has 2 aromatic carbocycles. The van der Waals surface area contributed by atoms with Gasteiger partial charge in [-0.3, -0.25) is 9.36 Å². The van der Waals surface area contributed by atoms with Gasteiger partial charge < -0.3 is 10.2 Å². The van der Waals surface area contributed by atoms with Gasteiger partial charge in [-0.05, 0) is 55.8 Å². The fourth-order valence-corrected chi connectivity index (χ4v) is 3.56. The molecule has 1 heterocycles. The molecular formula is C21H25FN5OS+.